The molecule has 3 aromatic rings. The number of fused-ring (bicyclic) bond motifs is 1. The standard InChI is InChI=1S/C28H35N3O4.ClH/c1-2-34-27-19-22(20-29-13-6-14-31-15-17-33-18-16-31)11-12-26(27)35-21-28(32)30-25-10-5-8-23-7-3-4-9-24(23)25;/h3-5,7-12,19,29H,2,6,13-18,20-21H2,1H3,(H,30,32);1H. The lowest BCUT2D eigenvalue weighted by molar-refractivity contribution is -0.118. The lowest BCUT2D eigenvalue weighted by Gasteiger charge is -2.26. The van der Waals surface area contributed by atoms with Gasteiger partial charge in [-0.1, -0.05) is 42.5 Å². The van der Waals surface area contributed by atoms with Crippen molar-refractivity contribution in [2.75, 3.05) is 57.9 Å². The summed E-state index contributed by atoms with van der Waals surface area (Å²) in [6.45, 7) is 8.90. The third kappa shape index (κ3) is 8.10. The van der Waals surface area contributed by atoms with Gasteiger partial charge in [-0.2, -0.15) is 0 Å². The molecule has 1 amide bonds. The predicted octanol–water partition coefficient (Wildman–Crippen LogP) is 4.49. The van der Waals surface area contributed by atoms with Gasteiger partial charge >= 0.3 is 0 Å². The van der Waals surface area contributed by atoms with Gasteiger partial charge < -0.3 is 24.8 Å². The van der Waals surface area contributed by atoms with Gasteiger partial charge in [0.2, 0.25) is 0 Å². The van der Waals surface area contributed by atoms with Crippen LogP contribution < -0.4 is 20.1 Å². The zero-order chi connectivity index (χ0) is 24.3. The molecule has 194 valence electrons. The Balaban J connectivity index is 0.00000361. The first-order chi connectivity index (χ1) is 17.2. The number of morpholine rings is 1. The van der Waals surface area contributed by atoms with Crippen LogP contribution in [0.1, 0.15) is 18.9 Å². The zero-order valence-electron chi connectivity index (χ0n) is 20.8. The third-order valence-electron chi connectivity index (χ3n) is 5.99. The molecule has 4 rings (SSSR count). The predicted molar refractivity (Wildman–Crippen MR) is 147 cm³/mol. The van der Waals surface area contributed by atoms with Crippen LogP contribution >= 0.6 is 12.4 Å². The fourth-order valence-corrected chi connectivity index (χ4v) is 4.20. The van der Waals surface area contributed by atoms with E-state index in [1.807, 2.05) is 67.6 Å². The van der Waals surface area contributed by atoms with Gasteiger partial charge in [0.15, 0.2) is 18.1 Å². The average molecular weight is 514 g/mol. The van der Waals surface area contributed by atoms with Crippen molar-refractivity contribution in [1.82, 2.24) is 10.2 Å². The van der Waals surface area contributed by atoms with Crippen molar-refractivity contribution in [3.63, 3.8) is 0 Å². The Morgan fingerprint density at radius 3 is 2.64 bits per heavy atom. The summed E-state index contributed by atoms with van der Waals surface area (Å²) in [7, 11) is 0. The van der Waals surface area contributed by atoms with E-state index in [1.54, 1.807) is 0 Å². The van der Waals surface area contributed by atoms with Gasteiger partial charge in [0.1, 0.15) is 0 Å². The number of halogens is 1. The van der Waals surface area contributed by atoms with Crippen LogP contribution in [0, 0.1) is 0 Å². The van der Waals surface area contributed by atoms with E-state index < -0.39 is 0 Å². The molecule has 0 bridgehead atoms. The number of hydrogen-bond acceptors (Lipinski definition) is 6. The summed E-state index contributed by atoms with van der Waals surface area (Å²) in [4.78, 5) is 15.0. The number of nitrogens with zero attached hydrogens (tertiary/aromatic N) is 1. The number of nitrogens with one attached hydrogen (secondary N) is 2. The quantitative estimate of drug-likeness (QED) is 0.348. The second-order valence-electron chi connectivity index (χ2n) is 8.56. The molecule has 0 unspecified atom stereocenters. The number of carbonyl (C=O) groups is 1. The van der Waals surface area contributed by atoms with Crippen molar-refractivity contribution in [1.29, 1.82) is 0 Å². The second-order valence-corrected chi connectivity index (χ2v) is 8.56. The molecule has 8 heteroatoms. The Hall–Kier alpha value is -2.84. The summed E-state index contributed by atoms with van der Waals surface area (Å²) >= 11 is 0. The maximum absolute atomic E-state index is 12.6. The minimum absolute atomic E-state index is 0. The first-order valence-electron chi connectivity index (χ1n) is 12.4. The van der Waals surface area contributed by atoms with Crippen LogP contribution in [-0.4, -0.2) is 63.4 Å². The Kier molecular flexibility index (Phi) is 11.3. The Labute approximate surface area is 219 Å². The number of ether oxygens (including phenoxy) is 3. The maximum Gasteiger partial charge on any atom is 0.262 e. The molecule has 1 fully saturated rings. The van der Waals surface area contributed by atoms with Gasteiger partial charge in [-0.05, 0) is 55.6 Å². The van der Waals surface area contributed by atoms with Crippen LogP contribution in [0.2, 0.25) is 0 Å². The molecule has 0 saturated carbocycles. The monoisotopic (exact) mass is 513 g/mol. The van der Waals surface area contributed by atoms with E-state index in [1.165, 1.54) is 0 Å². The smallest absolute Gasteiger partial charge is 0.262 e. The molecule has 0 radical (unpaired) electrons. The molecule has 36 heavy (non-hydrogen) atoms. The molecule has 0 aromatic heterocycles. The largest absolute Gasteiger partial charge is 0.490 e. The first kappa shape index (κ1) is 27.7. The summed E-state index contributed by atoms with van der Waals surface area (Å²) in [5, 5.41) is 8.54. The van der Waals surface area contributed by atoms with Crippen molar-refractivity contribution in [3.8, 4) is 11.5 Å². The van der Waals surface area contributed by atoms with Crippen LogP contribution in [0.4, 0.5) is 5.69 Å². The number of benzene rings is 3. The Morgan fingerprint density at radius 1 is 1.00 bits per heavy atom. The Morgan fingerprint density at radius 2 is 1.81 bits per heavy atom. The highest BCUT2D eigenvalue weighted by Gasteiger charge is 2.12. The highest BCUT2D eigenvalue weighted by atomic mass is 35.5. The summed E-state index contributed by atoms with van der Waals surface area (Å²) in [5.41, 5.74) is 1.89. The van der Waals surface area contributed by atoms with Crippen molar-refractivity contribution >= 4 is 34.8 Å². The maximum atomic E-state index is 12.6. The van der Waals surface area contributed by atoms with E-state index in [2.05, 4.69) is 15.5 Å². The van der Waals surface area contributed by atoms with E-state index in [0.717, 1.165) is 74.4 Å². The molecule has 0 atom stereocenters. The molecule has 0 aliphatic carbocycles. The van der Waals surface area contributed by atoms with Crippen LogP contribution in [0.15, 0.2) is 60.7 Å². The fraction of sp³-hybridized carbons (Fsp3) is 0.393. The SMILES string of the molecule is CCOc1cc(CNCCCN2CCOCC2)ccc1OCC(=O)Nc1cccc2ccccc12.Cl. The highest BCUT2D eigenvalue weighted by molar-refractivity contribution is 6.02. The lowest BCUT2D eigenvalue weighted by atomic mass is 10.1. The normalized spacial score (nSPS) is 13.7. The van der Waals surface area contributed by atoms with Gasteiger partial charge in [-0.15, -0.1) is 12.4 Å². The third-order valence-corrected chi connectivity index (χ3v) is 5.99. The summed E-state index contributed by atoms with van der Waals surface area (Å²) < 4.78 is 17.0. The van der Waals surface area contributed by atoms with E-state index in [-0.39, 0.29) is 24.9 Å². The molecule has 2 N–H and O–H groups in total. The number of rotatable bonds is 12. The minimum atomic E-state index is -0.213. The minimum Gasteiger partial charge on any atom is -0.490 e. The molecule has 1 aliphatic rings. The van der Waals surface area contributed by atoms with E-state index >= 15 is 0 Å². The fourth-order valence-electron chi connectivity index (χ4n) is 4.20. The molecular weight excluding hydrogens is 478 g/mol. The van der Waals surface area contributed by atoms with Crippen LogP contribution in [0.3, 0.4) is 0 Å². The molecule has 0 spiro atoms. The topological polar surface area (TPSA) is 72.1 Å². The van der Waals surface area contributed by atoms with Crippen molar-refractivity contribution in [3.05, 3.63) is 66.2 Å². The highest BCUT2D eigenvalue weighted by Crippen LogP contribution is 2.29. The Bertz CT molecular complexity index is 1100. The van der Waals surface area contributed by atoms with Crippen molar-refractivity contribution in [2.45, 2.75) is 19.9 Å². The number of anilines is 1. The molecule has 1 saturated heterocycles. The number of hydrogen-bond donors (Lipinski definition) is 2. The van der Waals surface area contributed by atoms with Crippen LogP contribution in [0.5, 0.6) is 11.5 Å². The van der Waals surface area contributed by atoms with Gasteiger partial charge in [0.05, 0.1) is 19.8 Å². The van der Waals surface area contributed by atoms with E-state index in [9.17, 15) is 4.79 Å². The van der Waals surface area contributed by atoms with E-state index in [4.69, 9.17) is 14.2 Å². The van der Waals surface area contributed by atoms with E-state index in [0.29, 0.717) is 18.1 Å². The zero-order valence-corrected chi connectivity index (χ0v) is 21.6. The van der Waals surface area contributed by atoms with Gasteiger partial charge in [0.25, 0.3) is 5.91 Å². The van der Waals surface area contributed by atoms with Gasteiger partial charge in [-0.3, -0.25) is 9.69 Å². The van der Waals surface area contributed by atoms with Crippen LogP contribution in [0.25, 0.3) is 10.8 Å². The van der Waals surface area contributed by atoms with Crippen molar-refractivity contribution in [2.24, 2.45) is 0 Å². The molecule has 7 nitrogen and oxygen atoms in total. The second kappa shape index (κ2) is 14.7. The average Bonchev–Trinajstić information content (AvgIpc) is 2.89. The van der Waals surface area contributed by atoms with Gasteiger partial charge in [-0.25, -0.2) is 0 Å². The van der Waals surface area contributed by atoms with Crippen molar-refractivity contribution < 1.29 is 19.0 Å². The van der Waals surface area contributed by atoms with Crippen LogP contribution in [-0.2, 0) is 16.1 Å². The van der Waals surface area contributed by atoms with Gasteiger partial charge in [0, 0.05) is 30.7 Å². The molecule has 3 aromatic carbocycles. The summed E-state index contributed by atoms with van der Waals surface area (Å²) in [5.74, 6) is 1.00. The molecular formula is C28H36ClN3O4. The summed E-state index contributed by atoms with van der Waals surface area (Å²) in [6.07, 6.45) is 1.10. The molecule has 1 aliphatic heterocycles. The summed E-state index contributed by atoms with van der Waals surface area (Å²) in [6, 6.07) is 19.7. The molecule has 1 heterocycles. The number of amides is 1. The number of carbonyl (C=O) groups excluding carboxylic acids is 1. The lowest BCUT2D eigenvalue weighted by Crippen LogP contribution is -2.37. The first-order valence-corrected chi connectivity index (χ1v) is 12.4.